The average Bonchev–Trinajstić information content (AvgIpc) is 3.19. The van der Waals surface area contributed by atoms with Gasteiger partial charge in [-0.2, -0.15) is 0 Å². The molecule has 1 aliphatic heterocycles. The molecule has 262 valence electrons. The first kappa shape index (κ1) is 34.8. The molecule has 0 amide bonds. The van der Waals surface area contributed by atoms with Gasteiger partial charge in [-0.1, -0.05) is 115 Å². The van der Waals surface area contributed by atoms with Crippen LogP contribution in [0.25, 0.3) is 21.5 Å². The maximum Gasteiger partial charge on any atom is 0.186 e. The van der Waals surface area contributed by atoms with Crippen LogP contribution in [0.5, 0.6) is 5.75 Å². The van der Waals surface area contributed by atoms with Crippen LogP contribution in [0.2, 0.25) is 0 Å². The third kappa shape index (κ3) is 8.83. The van der Waals surface area contributed by atoms with Gasteiger partial charge in [-0.05, 0) is 68.1 Å². The number of ether oxygens (including phenoxy) is 7. The summed E-state index contributed by atoms with van der Waals surface area (Å²) >= 11 is 0. The predicted molar refractivity (Wildman–Crippen MR) is 198 cm³/mol. The molecule has 0 spiro atoms. The van der Waals surface area contributed by atoms with Gasteiger partial charge in [0.25, 0.3) is 0 Å². The molecule has 0 saturated carbocycles. The van der Waals surface area contributed by atoms with Crippen LogP contribution in [0.3, 0.4) is 0 Å². The van der Waals surface area contributed by atoms with Crippen LogP contribution in [0.15, 0.2) is 140 Å². The van der Waals surface area contributed by atoms with E-state index in [1.165, 1.54) is 10.8 Å². The van der Waals surface area contributed by atoms with Gasteiger partial charge in [-0.15, -0.1) is 0 Å². The summed E-state index contributed by atoms with van der Waals surface area (Å²) in [5, 5.41) is 4.67. The van der Waals surface area contributed by atoms with Crippen molar-refractivity contribution in [1.29, 1.82) is 0 Å². The van der Waals surface area contributed by atoms with Crippen molar-refractivity contribution in [2.24, 2.45) is 0 Å². The first-order chi connectivity index (χ1) is 25.2. The van der Waals surface area contributed by atoms with Crippen molar-refractivity contribution in [3.05, 3.63) is 162 Å². The molecule has 7 rings (SSSR count). The lowest BCUT2D eigenvalue weighted by Gasteiger charge is -2.45. The number of hydrogen-bond acceptors (Lipinski definition) is 7. The number of methoxy groups -OCH3 is 2. The summed E-state index contributed by atoms with van der Waals surface area (Å²) in [5.74, 6) is 0.786. The van der Waals surface area contributed by atoms with E-state index in [0.717, 1.165) is 38.8 Å². The Hall–Kier alpha value is -4.60. The SMILES string of the molecule is COc1ccc(CO[C@@H]2[C@H](OCc3ccc4ccccc4c3)[C@@H](OCc3ccc4ccccc4c3)[C@@H](OC)O[C@@H]2COCc2ccccc2)cc1. The quantitative estimate of drug-likeness (QED) is 0.107. The Balaban J connectivity index is 1.17. The van der Waals surface area contributed by atoms with Crippen molar-refractivity contribution in [2.45, 2.75) is 57.1 Å². The average molecular weight is 685 g/mol. The fraction of sp³-hybridized carbons (Fsp3) is 0.273. The zero-order chi connectivity index (χ0) is 34.8. The molecule has 0 N–H and O–H groups in total. The summed E-state index contributed by atoms with van der Waals surface area (Å²) in [6, 6.07) is 47.4. The zero-order valence-corrected chi connectivity index (χ0v) is 29.1. The standard InChI is InChI=1S/C44H44O7/c1-45-39-22-18-32(19-23-39)27-48-41-40(30-47-26-31-10-4-3-5-11-31)51-44(46-2)43(50-29-34-17-21-36-13-7-9-15-38(36)25-34)42(41)49-28-33-16-20-35-12-6-8-14-37(35)24-33/h3-25,40-44H,26-30H2,1-2H3/t40-,41+,42+,43-,44+/m1/s1. The summed E-state index contributed by atoms with van der Waals surface area (Å²) in [5.41, 5.74) is 4.16. The van der Waals surface area contributed by atoms with Gasteiger partial charge in [0.15, 0.2) is 6.29 Å². The highest BCUT2D eigenvalue weighted by atomic mass is 16.7. The van der Waals surface area contributed by atoms with Crippen molar-refractivity contribution in [1.82, 2.24) is 0 Å². The summed E-state index contributed by atoms with van der Waals surface area (Å²) in [4.78, 5) is 0. The zero-order valence-electron chi connectivity index (χ0n) is 29.1. The van der Waals surface area contributed by atoms with Gasteiger partial charge >= 0.3 is 0 Å². The molecule has 7 heteroatoms. The lowest BCUT2D eigenvalue weighted by Crippen LogP contribution is -2.61. The molecule has 0 unspecified atom stereocenters. The van der Waals surface area contributed by atoms with Crippen LogP contribution in [-0.2, 0) is 54.8 Å². The molecular weight excluding hydrogens is 640 g/mol. The third-order valence-electron chi connectivity index (χ3n) is 9.33. The molecule has 1 aliphatic rings. The van der Waals surface area contributed by atoms with E-state index in [9.17, 15) is 0 Å². The minimum Gasteiger partial charge on any atom is -0.497 e. The Morgan fingerprint density at radius 2 is 0.980 bits per heavy atom. The van der Waals surface area contributed by atoms with Crippen LogP contribution in [0.1, 0.15) is 22.3 Å². The molecule has 1 fully saturated rings. The predicted octanol–water partition coefficient (Wildman–Crippen LogP) is 8.65. The maximum absolute atomic E-state index is 6.87. The molecule has 0 radical (unpaired) electrons. The van der Waals surface area contributed by atoms with E-state index in [0.29, 0.717) is 26.4 Å². The van der Waals surface area contributed by atoms with E-state index in [1.807, 2.05) is 78.9 Å². The lowest BCUT2D eigenvalue weighted by molar-refractivity contribution is -0.323. The first-order valence-electron chi connectivity index (χ1n) is 17.4. The van der Waals surface area contributed by atoms with Gasteiger partial charge in [0.1, 0.15) is 30.2 Å². The summed E-state index contributed by atoms with van der Waals surface area (Å²) in [6.45, 7) is 1.73. The summed E-state index contributed by atoms with van der Waals surface area (Å²) in [7, 11) is 3.30. The van der Waals surface area contributed by atoms with Crippen molar-refractivity contribution in [2.75, 3.05) is 20.8 Å². The Morgan fingerprint density at radius 1 is 0.471 bits per heavy atom. The van der Waals surface area contributed by atoms with Crippen molar-refractivity contribution in [3.8, 4) is 5.75 Å². The van der Waals surface area contributed by atoms with Crippen molar-refractivity contribution in [3.63, 3.8) is 0 Å². The van der Waals surface area contributed by atoms with Crippen LogP contribution >= 0.6 is 0 Å². The second-order valence-corrected chi connectivity index (χ2v) is 12.8. The molecule has 51 heavy (non-hydrogen) atoms. The number of fused-ring (bicyclic) bond motifs is 2. The summed E-state index contributed by atoms with van der Waals surface area (Å²) in [6.07, 6.45) is -2.93. The fourth-order valence-corrected chi connectivity index (χ4v) is 6.59. The Labute approximate surface area is 299 Å². The van der Waals surface area contributed by atoms with E-state index < -0.39 is 30.7 Å². The van der Waals surface area contributed by atoms with Crippen LogP contribution in [0.4, 0.5) is 0 Å². The Kier molecular flexibility index (Phi) is 11.7. The molecule has 0 aliphatic carbocycles. The Morgan fingerprint density at radius 3 is 1.59 bits per heavy atom. The van der Waals surface area contributed by atoms with Crippen LogP contribution in [-0.4, -0.2) is 51.5 Å². The van der Waals surface area contributed by atoms with Gasteiger partial charge in [0.2, 0.25) is 0 Å². The monoisotopic (exact) mass is 684 g/mol. The van der Waals surface area contributed by atoms with Gasteiger partial charge in [0.05, 0.1) is 40.1 Å². The van der Waals surface area contributed by atoms with Crippen LogP contribution < -0.4 is 4.74 Å². The number of hydrogen-bond donors (Lipinski definition) is 0. The second-order valence-electron chi connectivity index (χ2n) is 12.8. The molecule has 1 heterocycles. The normalized spacial score (nSPS) is 20.5. The highest BCUT2D eigenvalue weighted by Gasteiger charge is 2.48. The molecule has 0 aromatic heterocycles. The molecule has 6 aromatic rings. The van der Waals surface area contributed by atoms with E-state index >= 15 is 0 Å². The smallest absolute Gasteiger partial charge is 0.186 e. The van der Waals surface area contributed by atoms with Crippen molar-refractivity contribution < 1.29 is 33.2 Å². The highest BCUT2D eigenvalue weighted by Crippen LogP contribution is 2.32. The summed E-state index contributed by atoms with van der Waals surface area (Å²) < 4.78 is 44.6. The molecule has 1 saturated heterocycles. The van der Waals surface area contributed by atoms with Gasteiger partial charge in [-0.25, -0.2) is 0 Å². The minimum atomic E-state index is -0.724. The van der Waals surface area contributed by atoms with E-state index in [4.69, 9.17) is 33.2 Å². The van der Waals surface area contributed by atoms with Gasteiger partial charge in [0, 0.05) is 7.11 Å². The maximum atomic E-state index is 6.87. The number of benzene rings is 6. The number of rotatable bonds is 15. The van der Waals surface area contributed by atoms with E-state index in [2.05, 4.69) is 60.7 Å². The topological polar surface area (TPSA) is 64.6 Å². The fourth-order valence-electron chi connectivity index (χ4n) is 6.59. The van der Waals surface area contributed by atoms with Crippen molar-refractivity contribution >= 4 is 21.5 Å². The van der Waals surface area contributed by atoms with Gasteiger partial charge < -0.3 is 33.2 Å². The molecular formula is C44H44O7. The molecule has 5 atom stereocenters. The second kappa shape index (κ2) is 17.1. The van der Waals surface area contributed by atoms with Gasteiger partial charge in [-0.3, -0.25) is 0 Å². The Bertz CT molecular complexity index is 1980. The van der Waals surface area contributed by atoms with E-state index in [1.54, 1.807) is 14.2 Å². The lowest BCUT2D eigenvalue weighted by atomic mass is 9.97. The largest absolute Gasteiger partial charge is 0.497 e. The molecule has 0 bridgehead atoms. The third-order valence-corrected chi connectivity index (χ3v) is 9.33. The highest BCUT2D eigenvalue weighted by molar-refractivity contribution is 5.83. The molecule has 6 aromatic carbocycles. The first-order valence-corrected chi connectivity index (χ1v) is 17.4. The van der Waals surface area contributed by atoms with E-state index in [-0.39, 0.29) is 6.61 Å². The van der Waals surface area contributed by atoms with Crippen LogP contribution in [0, 0.1) is 0 Å². The molecule has 7 nitrogen and oxygen atoms in total. The minimum absolute atomic E-state index is 0.273.